The summed E-state index contributed by atoms with van der Waals surface area (Å²) in [6, 6.07) is 6.85. The summed E-state index contributed by atoms with van der Waals surface area (Å²) in [7, 11) is 0. The Balaban J connectivity index is 0.000000203. The highest BCUT2D eigenvalue weighted by Gasteiger charge is 2.36. The summed E-state index contributed by atoms with van der Waals surface area (Å²) < 4.78 is 33.3. The summed E-state index contributed by atoms with van der Waals surface area (Å²) in [6.07, 6.45) is -5.10. The fourth-order valence-electron chi connectivity index (χ4n) is 1.29. The number of anilines is 1. The van der Waals surface area contributed by atoms with Gasteiger partial charge in [-0.2, -0.15) is 13.2 Å². The molecule has 1 N–H and O–H groups in total. The van der Waals surface area contributed by atoms with Gasteiger partial charge in [-0.1, -0.05) is 19.1 Å². The minimum absolute atomic E-state index is 0.444. The maximum absolute atomic E-state index is 11.1. The number of fused-ring (bicyclic) bond motifs is 1. The van der Waals surface area contributed by atoms with Crippen LogP contribution in [0.25, 0.3) is 0 Å². The van der Waals surface area contributed by atoms with E-state index in [0.29, 0.717) is 11.3 Å². The van der Waals surface area contributed by atoms with Crippen LogP contribution in [0.15, 0.2) is 24.3 Å². The van der Waals surface area contributed by atoms with Gasteiger partial charge in [-0.25, -0.2) is 0 Å². The predicted molar refractivity (Wildman–Crippen MR) is 60.8 cm³/mol. The predicted octanol–water partition coefficient (Wildman–Crippen LogP) is 2.35. The van der Waals surface area contributed by atoms with E-state index < -0.39 is 30.1 Å². The number of amides is 1. The van der Waals surface area contributed by atoms with Crippen molar-refractivity contribution in [1.82, 2.24) is 0 Å². The highest BCUT2D eigenvalue weighted by Crippen LogP contribution is 2.21. The van der Waals surface area contributed by atoms with Crippen molar-refractivity contribution < 1.29 is 27.6 Å². The maximum Gasteiger partial charge on any atom is 0.449 e. The van der Waals surface area contributed by atoms with Gasteiger partial charge in [0.05, 0.1) is 11.3 Å². The van der Waals surface area contributed by atoms with Crippen molar-refractivity contribution in [3.63, 3.8) is 0 Å². The molecule has 4 nitrogen and oxygen atoms in total. The van der Waals surface area contributed by atoms with Crippen LogP contribution in [0, 0.1) is 0 Å². The molecule has 0 aliphatic carbocycles. The molecule has 0 unspecified atom stereocenters. The van der Waals surface area contributed by atoms with Crippen molar-refractivity contribution in [2.45, 2.75) is 19.5 Å². The lowest BCUT2D eigenvalue weighted by Gasteiger charge is -1.99. The van der Waals surface area contributed by atoms with Crippen LogP contribution in [0.5, 0.6) is 0 Å². The molecule has 1 aliphatic rings. The van der Waals surface area contributed by atoms with Crippen molar-refractivity contribution in [3.8, 4) is 0 Å². The molecule has 0 bridgehead atoms. The number of Topliss-reactive ketones (excluding diaryl/α,β-unsaturated/α-hetero) is 2. The minimum Gasteiger partial charge on any atom is -0.318 e. The van der Waals surface area contributed by atoms with E-state index in [1.54, 1.807) is 24.3 Å². The third kappa shape index (κ3) is 3.64. The highest BCUT2D eigenvalue weighted by atomic mass is 19.4. The van der Waals surface area contributed by atoms with Gasteiger partial charge in [0.25, 0.3) is 11.7 Å². The van der Waals surface area contributed by atoms with E-state index in [4.69, 9.17) is 0 Å². The number of ketones is 2. The summed E-state index contributed by atoms with van der Waals surface area (Å²) in [5.74, 6) is -2.65. The second-order valence-electron chi connectivity index (χ2n) is 3.60. The van der Waals surface area contributed by atoms with Gasteiger partial charge >= 0.3 is 6.18 Å². The molecule has 1 heterocycles. The van der Waals surface area contributed by atoms with E-state index in [9.17, 15) is 27.6 Å². The fraction of sp³-hybridized carbons (Fsp3) is 0.250. The molecule has 0 fully saturated rings. The topological polar surface area (TPSA) is 63.2 Å². The van der Waals surface area contributed by atoms with Gasteiger partial charge in [-0.05, 0) is 12.1 Å². The third-order valence-corrected chi connectivity index (χ3v) is 2.26. The van der Waals surface area contributed by atoms with Crippen LogP contribution >= 0.6 is 0 Å². The van der Waals surface area contributed by atoms with Crippen molar-refractivity contribution >= 4 is 23.2 Å². The standard InChI is InChI=1S/C8H5NO2.C4H5F3O/c10-7-5-3-1-2-4-6(5)9-8(7)11;1-2-3(8)4(5,6)7/h1-4H,(H,9,10,11);2H2,1H3. The molecule has 1 aliphatic heterocycles. The number of rotatable bonds is 1. The van der Waals surface area contributed by atoms with Gasteiger partial charge in [0, 0.05) is 6.42 Å². The maximum atomic E-state index is 11.1. The van der Waals surface area contributed by atoms with E-state index >= 15 is 0 Å². The molecule has 0 radical (unpaired) electrons. The number of para-hydroxylation sites is 1. The Morgan fingerprint density at radius 1 is 1.21 bits per heavy atom. The zero-order chi connectivity index (χ0) is 14.6. The molecular formula is C12H10F3NO3. The molecule has 0 saturated carbocycles. The lowest BCUT2D eigenvalue weighted by molar-refractivity contribution is -0.170. The quantitative estimate of drug-likeness (QED) is 0.799. The number of hydrogen-bond acceptors (Lipinski definition) is 3. The number of alkyl halides is 3. The molecular weight excluding hydrogens is 263 g/mol. The fourth-order valence-corrected chi connectivity index (χ4v) is 1.29. The second-order valence-corrected chi connectivity index (χ2v) is 3.60. The lowest BCUT2D eigenvalue weighted by Crippen LogP contribution is -2.20. The third-order valence-electron chi connectivity index (χ3n) is 2.26. The molecule has 2 rings (SSSR count). The Labute approximate surface area is 106 Å². The minimum atomic E-state index is -4.63. The first kappa shape index (κ1) is 14.9. The molecule has 1 amide bonds. The summed E-state index contributed by atoms with van der Waals surface area (Å²) in [5.41, 5.74) is 1.08. The highest BCUT2D eigenvalue weighted by molar-refractivity contribution is 6.51. The lowest BCUT2D eigenvalue weighted by atomic mass is 10.1. The van der Waals surface area contributed by atoms with Crippen LogP contribution in [0.3, 0.4) is 0 Å². The van der Waals surface area contributed by atoms with Crippen LogP contribution in [0.4, 0.5) is 18.9 Å². The molecule has 0 saturated heterocycles. The van der Waals surface area contributed by atoms with Gasteiger partial charge in [0.2, 0.25) is 5.78 Å². The van der Waals surface area contributed by atoms with Crippen molar-refractivity contribution in [2.24, 2.45) is 0 Å². The monoisotopic (exact) mass is 273 g/mol. The molecule has 1 aromatic carbocycles. The van der Waals surface area contributed by atoms with E-state index in [1.165, 1.54) is 6.92 Å². The van der Waals surface area contributed by atoms with Gasteiger partial charge in [0.1, 0.15) is 0 Å². The normalized spacial score (nSPS) is 13.3. The van der Waals surface area contributed by atoms with Crippen molar-refractivity contribution in [3.05, 3.63) is 29.8 Å². The SMILES string of the molecule is CCC(=O)C(F)(F)F.O=C1Nc2ccccc2C1=O. The van der Waals surface area contributed by atoms with Crippen LogP contribution < -0.4 is 5.32 Å². The molecule has 1 aromatic rings. The number of hydrogen-bond donors (Lipinski definition) is 1. The van der Waals surface area contributed by atoms with Crippen LogP contribution in [-0.4, -0.2) is 23.6 Å². The molecule has 102 valence electrons. The first-order valence-corrected chi connectivity index (χ1v) is 5.32. The Morgan fingerprint density at radius 3 is 2.21 bits per heavy atom. The van der Waals surface area contributed by atoms with E-state index in [1.807, 2.05) is 0 Å². The number of nitrogens with one attached hydrogen (secondary N) is 1. The number of carbonyl (C=O) groups is 3. The van der Waals surface area contributed by atoms with E-state index in [2.05, 4.69) is 5.32 Å². The summed E-state index contributed by atoms with van der Waals surface area (Å²) in [6.45, 7) is 1.18. The molecule has 0 aromatic heterocycles. The van der Waals surface area contributed by atoms with Crippen LogP contribution in [0.2, 0.25) is 0 Å². The Morgan fingerprint density at radius 2 is 1.79 bits per heavy atom. The average Bonchev–Trinajstić information content (AvgIpc) is 2.64. The van der Waals surface area contributed by atoms with E-state index in [-0.39, 0.29) is 0 Å². The summed E-state index contributed by atoms with van der Waals surface area (Å²) in [5, 5.41) is 2.46. The molecule has 7 heteroatoms. The number of benzene rings is 1. The molecule has 0 atom stereocenters. The summed E-state index contributed by atoms with van der Waals surface area (Å²) in [4.78, 5) is 31.5. The Bertz CT molecular complexity index is 523. The van der Waals surface area contributed by atoms with Gasteiger partial charge in [-0.15, -0.1) is 0 Å². The van der Waals surface area contributed by atoms with Crippen molar-refractivity contribution in [1.29, 1.82) is 0 Å². The zero-order valence-electron chi connectivity index (χ0n) is 9.88. The first-order chi connectivity index (χ1) is 8.77. The average molecular weight is 273 g/mol. The molecule has 0 spiro atoms. The first-order valence-electron chi connectivity index (χ1n) is 5.32. The van der Waals surface area contributed by atoms with Gasteiger partial charge in [0.15, 0.2) is 0 Å². The van der Waals surface area contributed by atoms with Gasteiger partial charge in [-0.3, -0.25) is 14.4 Å². The summed E-state index contributed by atoms with van der Waals surface area (Å²) >= 11 is 0. The zero-order valence-corrected chi connectivity index (χ0v) is 9.88. The molecule has 19 heavy (non-hydrogen) atoms. The Hall–Kier alpha value is -2.18. The van der Waals surface area contributed by atoms with Crippen LogP contribution in [-0.2, 0) is 9.59 Å². The number of carbonyl (C=O) groups excluding carboxylic acids is 3. The smallest absolute Gasteiger partial charge is 0.318 e. The van der Waals surface area contributed by atoms with Crippen LogP contribution in [0.1, 0.15) is 23.7 Å². The van der Waals surface area contributed by atoms with E-state index in [0.717, 1.165) is 0 Å². The largest absolute Gasteiger partial charge is 0.449 e. The van der Waals surface area contributed by atoms with Gasteiger partial charge < -0.3 is 5.32 Å². The Kier molecular flexibility index (Phi) is 4.42. The number of halogens is 3. The van der Waals surface area contributed by atoms with Crippen molar-refractivity contribution in [2.75, 3.05) is 5.32 Å². The second kappa shape index (κ2) is 5.64.